The lowest BCUT2D eigenvalue weighted by Gasteiger charge is -2.20. The molecule has 0 fully saturated rings. The maximum Gasteiger partial charge on any atom is 0.263 e. The molecule has 156 valence electrons. The van der Waals surface area contributed by atoms with Gasteiger partial charge in [-0.2, -0.15) is 0 Å². The molecule has 6 heteroatoms. The molecule has 0 saturated heterocycles. The molecule has 6 rings (SSSR count). The van der Waals surface area contributed by atoms with Crippen molar-refractivity contribution < 1.29 is 19.2 Å². The standard InChI is InChI=1S/C25H22N2O4/c28-22-18-9-14-5-1-2-6-15(14)10-19(18)23(29)26(22)13-27-24(30)20-11-16-7-3-4-8-17(16)12-21(20)25(27)31/h9-12H,1-8,13H2. The maximum atomic E-state index is 13.0. The summed E-state index contributed by atoms with van der Waals surface area (Å²) < 4.78 is 0. The van der Waals surface area contributed by atoms with Crippen molar-refractivity contribution in [3.05, 3.63) is 68.8 Å². The Hall–Kier alpha value is -3.28. The lowest BCUT2D eigenvalue weighted by Crippen LogP contribution is -2.43. The molecule has 0 radical (unpaired) electrons. The lowest BCUT2D eigenvalue weighted by molar-refractivity contribution is 0.0471. The first-order valence-corrected chi connectivity index (χ1v) is 11.1. The number of fused-ring (bicyclic) bond motifs is 4. The van der Waals surface area contributed by atoms with Gasteiger partial charge in [0.2, 0.25) is 0 Å². The van der Waals surface area contributed by atoms with Gasteiger partial charge < -0.3 is 0 Å². The van der Waals surface area contributed by atoms with Gasteiger partial charge in [0.15, 0.2) is 0 Å². The second-order valence-electron chi connectivity index (χ2n) is 8.97. The van der Waals surface area contributed by atoms with E-state index in [-0.39, 0.29) is 6.67 Å². The van der Waals surface area contributed by atoms with Gasteiger partial charge in [0, 0.05) is 0 Å². The number of benzene rings is 2. The van der Waals surface area contributed by atoms with Crippen molar-refractivity contribution in [2.24, 2.45) is 0 Å². The predicted octanol–water partition coefficient (Wildman–Crippen LogP) is 3.29. The molecule has 4 aliphatic rings. The summed E-state index contributed by atoms with van der Waals surface area (Å²) in [5, 5.41) is 0. The SMILES string of the molecule is O=C1c2cc3c(cc2C(=O)N1CN1C(=O)c2cc4c(cc2C1=O)CCCC4)CCCC3. The smallest absolute Gasteiger partial charge is 0.263 e. The van der Waals surface area contributed by atoms with Crippen LogP contribution in [0.15, 0.2) is 24.3 Å². The van der Waals surface area contributed by atoms with Crippen LogP contribution >= 0.6 is 0 Å². The van der Waals surface area contributed by atoms with Gasteiger partial charge in [-0.3, -0.25) is 29.0 Å². The van der Waals surface area contributed by atoms with Crippen LogP contribution < -0.4 is 0 Å². The quantitative estimate of drug-likeness (QED) is 0.707. The van der Waals surface area contributed by atoms with Crippen LogP contribution in [0.3, 0.4) is 0 Å². The fourth-order valence-corrected chi connectivity index (χ4v) is 5.44. The molecule has 0 N–H and O–H groups in total. The Morgan fingerprint density at radius 2 is 0.742 bits per heavy atom. The molecule has 0 saturated carbocycles. The van der Waals surface area contributed by atoms with E-state index in [1.165, 1.54) is 0 Å². The topological polar surface area (TPSA) is 74.8 Å². The third-order valence-corrected chi connectivity index (χ3v) is 7.15. The first-order valence-electron chi connectivity index (χ1n) is 11.1. The summed E-state index contributed by atoms with van der Waals surface area (Å²) in [5.74, 6) is -1.71. The molecular formula is C25H22N2O4. The van der Waals surface area contributed by atoms with Gasteiger partial charge in [-0.05, 0) is 97.9 Å². The summed E-state index contributed by atoms with van der Waals surface area (Å²) in [6.07, 6.45) is 7.96. The number of carbonyl (C=O) groups excluding carboxylic acids is 4. The van der Waals surface area contributed by atoms with E-state index in [1.807, 2.05) is 24.3 Å². The van der Waals surface area contributed by atoms with Gasteiger partial charge in [0.1, 0.15) is 6.67 Å². The molecular weight excluding hydrogens is 392 g/mol. The average Bonchev–Trinajstić information content (AvgIpc) is 3.16. The number of carbonyl (C=O) groups is 4. The molecule has 4 amide bonds. The summed E-state index contributed by atoms with van der Waals surface area (Å²) >= 11 is 0. The zero-order valence-corrected chi connectivity index (χ0v) is 17.2. The molecule has 2 aromatic carbocycles. The van der Waals surface area contributed by atoms with Gasteiger partial charge in [0.05, 0.1) is 22.3 Å². The van der Waals surface area contributed by atoms with Crippen LogP contribution in [0.5, 0.6) is 0 Å². The highest BCUT2D eigenvalue weighted by Gasteiger charge is 2.43. The summed E-state index contributed by atoms with van der Waals surface area (Å²) in [6, 6.07) is 7.34. The molecule has 2 aliphatic heterocycles. The van der Waals surface area contributed by atoms with Gasteiger partial charge in [-0.1, -0.05) is 0 Å². The highest BCUT2D eigenvalue weighted by atomic mass is 16.2. The minimum Gasteiger partial charge on any atom is -0.269 e. The van der Waals surface area contributed by atoms with Gasteiger partial charge in [-0.15, -0.1) is 0 Å². The fraction of sp³-hybridized carbons (Fsp3) is 0.360. The molecule has 0 atom stereocenters. The Morgan fingerprint density at radius 1 is 0.484 bits per heavy atom. The first-order chi connectivity index (χ1) is 15.0. The van der Waals surface area contributed by atoms with Crippen molar-refractivity contribution in [2.45, 2.75) is 51.4 Å². The van der Waals surface area contributed by atoms with Crippen molar-refractivity contribution in [1.29, 1.82) is 0 Å². The zero-order valence-electron chi connectivity index (χ0n) is 17.2. The van der Waals surface area contributed by atoms with Crippen LogP contribution in [-0.4, -0.2) is 40.1 Å². The van der Waals surface area contributed by atoms with E-state index in [9.17, 15) is 19.2 Å². The number of aryl methyl sites for hydroxylation is 4. The first kappa shape index (κ1) is 18.5. The summed E-state index contributed by atoms with van der Waals surface area (Å²) in [4.78, 5) is 54.2. The average molecular weight is 414 g/mol. The second-order valence-corrected chi connectivity index (χ2v) is 8.97. The van der Waals surface area contributed by atoms with Crippen LogP contribution in [0.4, 0.5) is 0 Å². The highest BCUT2D eigenvalue weighted by Crippen LogP contribution is 2.33. The number of rotatable bonds is 2. The van der Waals surface area contributed by atoms with E-state index in [0.29, 0.717) is 22.3 Å². The van der Waals surface area contributed by atoms with Crippen LogP contribution in [0, 0.1) is 0 Å². The van der Waals surface area contributed by atoms with Crippen molar-refractivity contribution in [2.75, 3.05) is 6.67 Å². The van der Waals surface area contributed by atoms with Gasteiger partial charge in [0.25, 0.3) is 23.6 Å². The number of hydrogen-bond donors (Lipinski definition) is 0. The summed E-state index contributed by atoms with van der Waals surface area (Å²) in [7, 11) is 0. The van der Waals surface area contributed by atoms with Crippen LogP contribution in [0.25, 0.3) is 0 Å². The minimum atomic E-state index is -0.427. The van der Waals surface area contributed by atoms with Crippen molar-refractivity contribution >= 4 is 23.6 Å². The molecule has 0 spiro atoms. The third-order valence-electron chi connectivity index (χ3n) is 7.15. The number of amides is 4. The van der Waals surface area contributed by atoms with E-state index in [0.717, 1.165) is 83.4 Å². The van der Waals surface area contributed by atoms with Crippen LogP contribution in [-0.2, 0) is 25.7 Å². The fourth-order valence-electron chi connectivity index (χ4n) is 5.44. The predicted molar refractivity (Wildman–Crippen MR) is 112 cm³/mol. The van der Waals surface area contributed by atoms with Crippen LogP contribution in [0.1, 0.15) is 89.4 Å². The normalized spacial score (nSPS) is 19.5. The van der Waals surface area contributed by atoms with Crippen LogP contribution in [0.2, 0.25) is 0 Å². The van der Waals surface area contributed by atoms with E-state index in [2.05, 4.69) is 0 Å². The van der Waals surface area contributed by atoms with Crippen molar-refractivity contribution in [1.82, 2.24) is 9.80 Å². The second kappa shape index (κ2) is 6.61. The largest absolute Gasteiger partial charge is 0.269 e. The molecule has 2 aromatic rings. The van der Waals surface area contributed by atoms with Crippen molar-refractivity contribution in [3.63, 3.8) is 0 Å². The summed E-state index contributed by atoms with van der Waals surface area (Å²) in [6.45, 7) is -0.339. The monoisotopic (exact) mass is 414 g/mol. The lowest BCUT2D eigenvalue weighted by atomic mass is 9.88. The molecule has 0 bridgehead atoms. The Balaban J connectivity index is 1.31. The molecule has 6 nitrogen and oxygen atoms in total. The zero-order chi connectivity index (χ0) is 21.3. The Morgan fingerprint density at radius 3 is 1.00 bits per heavy atom. The number of imide groups is 2. The molecule has 2 heterocycles. The van der Waals surface area contributed by atoms with Crippen molar-refractivity contribution in [3.8, 4) is 0 Å². The molecule has 0 aromatic heterocycles. The van der Waals surface area contributed by atoms with E-state index in [4.69, 9.17) is 0 Å². The molecule has 31 heavy (non-hydrogen) atoms. The maximum absolute atomic E-state index is 13.0. The highest BCUT2D eigenvalue weighted by molar-refractivity contribution is 6.24. The minimum absolute atomic E-state index is 0.339. The van der Waals surface area contributed by atoms with E-state index >= 15 is 0 Å². The van der Waals surface area contributed by atoms with Gasteiger partial charge in [-0.25, -0.2) is 0 Å². The van der Waals surface area contributed by atoms with E-state index < -0.39 is 23.6 Å². The Bertz CT molecular complexity index is 1030. The molecule has 0 unspecified atom stereocenters. The Kier molecular flexibility index (Phi) is 3.94. The summed E-state index contributed by atoms with van der Waals surface area (Å²) in [5.41, 5.74) is 6.04. The molecule has 2 aliphatic carbocycles. The third kappa shape index (κ3) is 2.63. The number of nitrogens with zero attached hydrogens (tertiary/aromatic N) is 2. The number of hydrogen-bond acceptors (Lipinski definition) is 4. The van der Waals surface area contributed by atoms with Gasteiger partial charge >= 0.3 is 0 Å². The Labute approximate surface area is 179 Å². The van der Waals surface area contributed by atoms with E-state index in [1.54, 1.807) is 0 Å².